The first-order valence-corrected chi connectivity index (χ1v) is 11.7. The van der Waals surface area contributed by atoms with Crippen molar-refractivity contribution in [2.45, 2.75) is 33.2 Å². The van der Waals surface area contributed by atoms with Gasteiger partial charge in [-0.3, -0.25) is 14.2 Å². The second kappa shape index (κ2) is 8.77. The smallest absolute Gasteiger partial charge is 0.263 e. The van der Waals surface area contributed by atoms with Crippen molar-refractivity contribution in [3.8, 4) is 11.1 Å². The first-order chi connectivity index (χ1) is 14.9. The molecule has 0 spiro atoms. The van der Waals surface area contributed by atoms with Crippen molar-refractivity contribution >= 4 is 49.1 Å². The third-order valence-corrected chi connectivity index (χ3v) is 6.87. The van der Waals surface area contributed by atoms with Gasteiger partial charge in [-0.25, -0.2) is 4.98 Å². The molecule has 7 heteroatoms. The molecule has 0 saturated carbocycles. The van der Waals surface area contributed by atoms with E-state index in [2.05, 4.69) is 33.2 Å². The number of nitrogens with zero attached hydrogens (tertiary/aromatic N) is 2. The first-order valence-electron chi connectivity index (χ1n) is 10.0. The number of rotatable bonds is 5. The Hall–Kier alpha value is -2.77. The van der Waals surface area contributed by atoms with Gasteiger partial charge in [0.2, 0.25) is 5.91 Å². The fourth-order valence-corrected chi connectivity index (χ4v) is 4.79. The lowest BCUT2D eigenvalue weighted by molar-refractivity contribution is -0.118. The van der Waals surface area contributed by atoms with Gasteiger partial charge in [0.25, 0.3) is 5.56 Å². The van der Waals surface area contributed by atoms with Crippen molar-refractivity contribution < 1.29 is 4.79 Å². The van der Waals surface area contributed by atoms with Crippen molar-refractivity contribution in [3.05, 3.63) is 80.1 Å². The van der Waals surface area contributed by atoms with Crippen LogP contribution in [0.15, 0.2) is 63.4 Å². The number of aromatic nitrogens is 2. The molecular formula is C24H22BrN3O2S. The van der Waals surface area contributed by atoms with Crippen molar-refractivity contribution in [2.24, 2.45) is 0 Å². The summed E-state index contributed by atoms with van der Waals surface area (Å²) < 4.78 is 2.38. The number of anilines is 1. The number of hydrogen-bond acceptors (Lipinski definition) is 4. The first kappa shape index (κ1) is 21.5. The van der Waals surface area contributed by atoms with E-state index in [9.17, 15) is 9.59 Å². The number of halogens is 1. The molecule has 1 N–H and O–H groups in total. The lowest BCUT2D eigenvalue weighted by atomic mass is 10.1. The van der Waals surface area contributed by atoms with Crippen LogP contribution in [0, 0.1) is 6.92 Å². The molecule has 1 unspecified atom stereocenters. The van der Waals surface area contributed by atoms with Crippen molar-refractivity contribution in [1.29, 1.82) is 0 Å². The average Bonchev–Trinajstić information content (AvgIpc) is 3.20. The van der Waals surface area contributed by atoms with E-state index in [1.165, 1.54) is 22.2 Å². The van der Waals surface area contributed by atoms with Crippen LogP contribution in [0.1, 0.15) is 31.0 Å². The van der Waals surface area contributed by atoms with E-state index in [-0.39, 0.29) is 11.5 Å². The normalized spacial score (nSPS) is 12.1. The molecule has 2 aromatic heterocycles. The highest BCUT2D eigenvalue weighted by Gasteiger charge is 2.21. The Morgan fingerprint density at radius 3 is 2.68 bits per heavy atom. The fourth-order valence-electron chi connectivity index (χ4n) is 3.62. The van der Waals surface area contributed by atoms with Crippen molar-refractivity contribution in [1.82, 2.24) is 9.55 Å². The molecule has 1 amide bonds. The third-order valence-electron chi connectivity index (χ3n) is 5.46. The second-order valence-corrected chi connectivity index (χ2v) is 9.20. The number of para-hydroxylation sites is 1. The zero-order valence-electron chi connectivity index (χ0n) is 17.5. The number of thiophene rings is 1. The Kier molecular flexibility index (Phi) is 6.07. The van der Waals surface area contributed by atoms with Gasteiger partial charge in [-0.15, -0.1) is 11.3 Å². The Balaban J connectivity index is 1.72. The molecule has 4 rings (SSSR count). The zero-order valence-corrected chi connectivity index (χ0v) is 19.9. The number of nitrogens with one attached hydrogen (secondary N) is 1. The molecule has 0 fully saturated rings. The summed E-state index contributed by atoms with van der Waals surface area (Å²) >= 11 is 4.87. The number of fused-ring (bicyclic) bond motifs is 1. The van der Waals surface area contributed by atoms with Crippen LogP contribution in [0.5, 0.6) is 0 Å². The Bertz CT molecular complexity index is 1330. The number of amides is 1. The summed E-state index contributed by atoms with van der Waals surface area (Å²) in [4.78, 5) is 31.6. The Morgan fingerprint density at radius 1 is 1.23 bits per heavy atom. The maximum Gasteiger partial charge on any atom is 0.263 e. The summed E-state index contributed by atoms with van der Waals surface area (Å²) in [5.74, 6) is -0.243. The molecule has 0 saturated heterocycles. The molecule has 4 aromatic rings. The number of hydrogen-bond donors (Lipinski definition) is 1. The topological polar surface area (TPSA) is 64.0 Å². The summed E-state index contributed by atoms with van der Waals surface area (Å²) in [7, 11) is 0. The van der Waals surface area contributed by atoms with E-state index in [4.69, 9.17) is 0 Å². The minimum Gasteiger partial charge on any atom is -0.324 e. The highest BCUT2D eigenvalue weighted by Crippen LogP contribution is 2.31. The molecule has 1 atom stereocenters. The summed E-state index contributed by atoms with van der Waals surface area (Å²) in [6, 6.07) is 13.1. The Morgan fingerprint density at radius 2 is 1.97 bits per heavy atom. The van der Waals surface area contributed by atoms with Gasteiger partial charge in [-0.1, -0.05) is 53.2 Å². The van der Waals surface area contributed by atoms with E-state index in [0.29, 0.717) is 10.2 Å². The fraction of sp³-hybridized carbons (Fsp3) is 0.208. The number of carbonyl (C=O) groups is 1. The number of benzene rings is 2. The summed E-state index contributed by atoms with van der Waals surface area (Å²) in [6.07, 6.45) is 2.28. The molecule has 5 nitrogen and oxygen atoms in total. The summed E-state index contributed by atoms with van der Waals surface area (Å²) in [6.45, 7) is 5.74. The minimum atomic E-state index is -0.702. The van der Waals surface area contributed by atoms with Crippen molar-refractivity contribution in [3.63, 3.8) is 0 Å². The van der Waals surface area contributed by atoms with Gasteiger partial charge in [0.1, 0.15) is 10.9 Å². The largest absolute Gasteiger partial charge is 0.324 e. The molecule has 0 aliphatic heterocycles. The number of carbonyl (C=O) groups excluding carboxylic acids is 1. The minimum absolute atomic E-state index is 0.215. The molecule has 0 aliphatic carbocycles. The van der Waals surface area contributed by atoms with Gasteiger partial charge in [0.15, 0.2) is 0 Å². The van der Waals surface area contributed by atoms with Crippen LogP contribution in [0.25, 0.3) is 21.3 Å². The van der Waals surface area contributed by atoms with Crippen LogP contribution in [0.3, 0.4) is 0 Å². The van der Waals surface area contributed by atoms with Crippen LogP contribution in [-0.2, 0) is 11.2 Å². The molecule has 0 bridgehead atoms. The lowest BCUT2D eigenvalue weighted by Gasteiger charge is -2.18. The molecule has 2 aromatic carbocycles. The lowest BCUT2D eigenvalue weighted by Crippen LogP contribution is -2.32. The van der Waals surface area contributed by atoms with E-state index < -0.39 is 6.04 Å². The van der Waals surface area contributed by atoms with E-state index >= 15 is 0 Å². The maximum atomic E-state index is 13.4. The molecular weight excluding hydrogens is 474 g/mol. The second-order valence-electron chi connectivity index (χ2n) is 7.42. The molecule has 0 radical (unpaired) electrons. The van der Waals surface area contributed by atoms with Crippen molar-refractivity contribution in [2.75, 3.05) is 5.32 Å². The van der Waals surface area contributed by atoms with Crippen LogP contribution in [0.2, 0.25) is 0 Å². The summed E-state index contributed by atoms with van der Waals surface area (Å²) in [5, 5.41) is 5.50. The highest BCUT2D eigenvalue weighted by molar-refractivity contribution is 9.10. The highest BCUT2D eigenvalue weighted by atomic mass is 79.9. The van der Waals surface area contributed by atoms with Gasteiger partial charge in [0.05, 0.1) is 11.7 Å². The predicted octanol–water partition coefficient (Wildman–Crippen LogP) is 5.96. The Labute approximate surface area is 192 Å². The SMILES string of the molecule is CCc1cccc(C)c1NC(=O)C(C)n1cnc2scc(-c3ccc(Br)cc3)c2c1=O. The molecule has 0 aliphatic rings. The third kappa shape index (κ3) is 4.07. The van der Waals surface area contributed by atoms with E-state index in [1.807, 2.05) is 54.8 Å². The monoisotopic (exact) mass is 495 g/mol. The predicted molar refractivity (Wildman–Crippen MR) is 131 cm³/mol. The standard InChI is InChI=1S/C24H22BrN3O2S/c1-4-16-7-5-6-14(2)21(16)27-22(29)15(3)28-13-26-23-20(24(28)30)19(12-31-23)17-8-10-18(25)11-9-17/h5-13,15H,4H2,1-3H3,(H,27,29). The van der Waals surface area contributed by atoms with Gasteiger partial charge in [-0.2, -0.15) is 0 Å². The van der Waals surface area contributed by atoms with Gasteiger partial charge in [-0.05, 0) is 49.1 Å². The molecule has 2 heterocycles. The van der Waals surface area contributed by atoms with Crippen LogP contribution < -0.4 is 10.9 Å². The van der Waals surface area contributed by atoms with Gasteiger partial charge in [0, 0.05) is 21.1 Å². The van der Waals surface area contributed by atoms with Crippen LogP contribution >= 0.6 is 27.3 Å². The van der Waals surface area contributed by atoms with Crippen LogP contribution in [-0.4, -0.2) is 15.5 Å². The zero-order chi connectivity index (χ0) is 22.1. The van der Waals surface area contributed by atoms with Crippen LogP contribution in [0.4, 0.5) is 5.69 Å². The van der Waals surface area contributed by atoms with Gasteiger partial charge >= 0.3 is 0 Å². The molecule has 31 heavy (non-hydrogen) atoms. The quantitative estimate of drug-likeness (QED) is 0.371. The van der Waals surface area contributed by atoms with E-state index in [0.717, 1.165) is 38.8 Å². The summed E-state index contributed by atoms with van der Waals surface area (Å²) in [5.41, 5.74) is 4.44. The number of aryl methyl sites for hydroxylation is 2. The average molecular weight is 496 g/mol. The maximum absolute atomic E-state index is 13.4. The van der Waals surface area contributed by atoms with Gasteiger partial charge < -0.3 is 5.32 Å². The molecule has 158 valence electrons. The van der Waals surface area contributed by atoms with E-state index in [1.54, 1.807) is 6.92 Å².